The first-order valence-electron chi connectivity index (χ1n) is 7.21. The molecule has 1 saturated carbocycles. The SMILES string of the molecule is NC(=O)[C@@H]1CCCC[C@@H]1NCc1nc2cc(F)ccc2o1. The molecule has 0 spiro atoms. The molecule has 6 heteroatoms. The number of rotatable bonds is 4. The molecule has 3 rings (SSSR count). The Kier molecular flexibility index (Phi) is 3.88. The van der Waals surface area contributed by atoms with Gasteiger partial charge in [0, 0.05) is 12.1 Å². The number of halogens is 1. The molecule has 1 heterocycles. The third kappa shape index (κ3) is 3.05. The van der Waals surface area contributed by atoms with E-state index < -0.39 is 0 Å². The second-order valence-electron chi connectivity index (χ2n) is 5.50. The predicted molar refractivity (Wildman–Crippen MR) is 75.7 cm³/mol. The number of hydrogen-bond donors (Lipinski definition) is 2. The molecule has 3 N–H and O–H groups in total. The number of primary amides is 1. The Bertz CT molecular complexity index is 655. The number of nitrogens with one attached hydrogen (secondary N) is 1. The van der Waals surface area contributed by atoms with E-state index >= 15 is 0 Å². The van der Waals surface area contributed by atoms with Crippen LogP contribution in [0.2, 0.25) is 0 Å². The Labute approximate surface area is 121 Å². The Morgan fingerprint density at radius 3 is 3.05 bits per heavy atom. The molecule has 1 aromatic heterocycles. The van der Waals surface area contributed by atoms with Crippen molar-refractivity contribution in [1.29, 1.82) is 0 Å². The van der Waals surface area contributed by atoms with Gasteiger partial charge in [0.15, 0.2) is 5.58 Å². The third-order valence-corrected chi connectivity index (χ3v) is 4.04. The van der Waals surface area contributed by atoms with Crippen molar-refractivity contribution in [3.05, 3.63) is 29.9 Å². The Morgan fingerprint density at radius 2 is 2.24 bits per heavy atom. The van der Waals surface area contributed by atoms with Crippen molar-refractivity contribution in [2.45, 2.75) is 38.3 Å². The Morgan fingerprint density at radius 1 is 1.43 bits per heavy atom. The molecule has 112 valence electrons. The van der Waals surface area contributed by atoms with Gasteiger partial charge >= 0.3 is 0 Å². The van der Waals surface area contributed by atoms with Crippen LogP contribution in [0.4, 0.5) is 4.39 Å². The number of benzene rings is 1. The fourth-order valence-corrected chi connectivity index (χ4v) is 2.96. The summed E-state index contributed by atoms with van der Waals surface area (Å²) < 4.78 is 18.7. The third-order valence-electron chi connectivity index (χ3n) is 4.04. The molecule has 21 heavy (non-hydrogen) atoms. The quantitative estimate of drug-likeness (QED) is 0.904. The molecular weight excluding hydrogens is 273 g/mol. The first kappa shape index (κ1) is 14.0. The van der Waals surface area contributed by atoms with Gasteiger partial charge in [0.25, 0.3) is 0 Å². The number of oxazole rings is 1. The maximum Gasteiger partial charge on any atom is 0.222 e. The van der Waals surface area contributed by atoms with Gasteiger partial charge in [-0.2, -0.15) is 0 Å². The molecule has 2 aromatic rings. The van der Waals surface area contributed by atoms with E-state index in [4.69, 9.17) is 10.2 Å². The van der Waals surface area contributed by atoms with Crippen LogP contribution < -0.4 is 11.1 Å². The molecule has 1 aromatic carbocycles. The number of amides is 1. The second kappa shape index (κ2) is 5.81. The largest absolute Gasteiger partial charge is 0.439 e. The van der Waals surface area contributed by atoms with Gasteiger partial charge in [-0.1, -0.05) is 12.8 Å². The van der Waals surface area contributed by atoms with Crippen molar-refractivity contribution in [3.8, 4) is 0 Å². The van der Waals surface area contributed by atoms with Crippen LogP contribution in [0.3, 0.4) is 0 Å². The Balaban J connectivity index is 1.69. The number of nitrogens with two attached hydrogens (primary N) is 1. The van der Waals surface area contributed by atoms with Crippen molar-refractivity contribution in [3.63, 3.8) is 0 Å². The summed E-state index contributed by atoms with van der Waals surface area (Å²) in [7, 11) is 0. The second-order valence-corrected chi connectivity index (χ2v) is 5.50. The van der Waals surface area contributed by atoms with Crippen molar-refractivity contribution in [1.82, 2.24) is 10.3 Å². The van der Waals surface area contributed by atoms with Gasteiger partial charge in [-0.05, 0) is 25.0 Å². The molecule has 2 atom stereocenters. The van der Waals surface area contributed by atoms with E-state index in [2.05, 4.69) is 10.3 Å². The first-order chi connectivity index (χ1) is 10.1. The molecule has 1 fully saturated rings. The monoisotopic (exact) mass is 291 g/mol. The van der Waals surface area contributed by atoms with E-state index in [1.807, 2.05) is 0 Å². The lowest BCUT2D eigenvalue weighted by atomic mass is 9.84. The van der Waals surface area contributed by atoms with Crippen LogP contribution in [-0.2, 0) is 11.3 Å². The van der Waals surface area contributed by atoms with Crippen LogP contribution in [0.5, 0.6) is 0 Å². The maximum absolute atomic E-state index is 13.1. The molecule has 1 amide bonds. The highest BCUT2D eigenvalue weighted by Crippen LogP contribution is 2.25. The topological polar surface area (TPSA) is 81.2 Å². The summed E-state index contributed by atoms with van der Waals surface area (Å²) in [4.78, 5) is 15.7. The minimum Gasteiger partial charge on any atom is -0.439 e. The zero-order chi connectivity index (χ0) is 14.8. The van der Waals surface area contributed by atoms with Gasteiger partial charge in [-0.15, -0.1) is 0 Å². The lowest BCUT2D eigenvalue weighted by molar-refractivity contribution is -0.123. The van der Waals surface area contributed by atoms with Gasteiger partial charge in [-0.3, -0.25) is 4.79 Å². The van der Waals surface area contributed by atoms with Crippen LogP contribution in [0.15, 0.2) is 22.6 Å². The molecule has 0 aliphatic heterocycles. The van der Waals surface area contributed by atoms with Crippen molar-refractivity contribution in [2.75, 3.05) is 0 Å². The summed E-state index contributed by atoms with van der Waals surface area (Å²) in [6.07, 6.45) is 3.86. The zero-order valence-electron chi connectivity index (χ0n) is 11.6. The average Bonchev–Trinajstić information content (AvgIpc) is 2.87. The number of carbonyl (C=O) groups is 1. The zero-order valence-corrected chi connectivity index (χ0v) is 11.6. The number of aromatic nitrogens is 1. The average molecular weight is 291 g/mol. The van der Waals surface area contributed by atoms with Crippen LogP contribution in [0.1, 0.15) is 31.6 Å². The number of fused-ring (bicyclic) bond motifs is 1. The Hall–Kier alpha value is -1.95. The number of hydrogen-bond acceptors (Lipinski definition) is 4. The summed E-state index contributed by atoms with van der Waals surface area (Å²) in [5.74, 6) is -0.242. The predicted octanol–water partition coefficient (Wildman–Crippen LogP) is 2.10. The highest BCUT2D eigenvalue weighted by molar-refractivity contribution is 5.77. The van der Waals surface area contributed by atoms with Gasteiger partial charge in [-0.25, -0.2) is 9.37 Å². The summed E-state index contributed by atoms with van der Waals surface area (Å²) in [6, 6.07) is 4.31. The first-order valence-corrected chi connectivity index (χ1v) is 7.21. The van der Waals surface area contributed by atoms with E-state index in [9.17, 15) is 9.18 Å². The normalized spacial score (nSPS) is 22.5. The minimum absolute atomic E-state index is 0.0583. The van der Waals surface area contributed by atoms with Crippen molar-refractivity contribution >= 4 is 17.0 Å². The van der Waals surface area contributed by atoms with E-state index in [1.54, 1.807) is 6.07 Å². The van der Waals surface area contributed by atoms with Gasteiger partial charge in [0.1, 0.15) is 11.3 Å². The minimum atomic E-state index is -0.337. The van der Waals surface area contributed by atoms with Crippen LogP contribution in [-0.4, -0.2) is 16.9 Å². The number of carbonyl (C=O) groups excluding carboxylic acids is 1. The smallest absolute Gasteiger partial charge is 0.222 e. The molecule has 0 saturated heterocycles. The summed E-state index contributed by atoms with van der Waals surface area (Å²) in [5, 5.41) is 3.29. The summed E-state index contributed by atoms with van der Waals surface area (Å²) >= 11 is 0. The molecule has 0 radical (unpaired) electrons. The fourth-order valence-electron chi connectivity index (χ4n) is 2.96. The molecule has 1 aliphatic rings. The lowest BCUT2D eigenvalue weighted by Crippen LogP contribution is -2.44. The van der Waals surface area contributed by atoms with E-state index in [-0.39, 0.29) is 23.7 Å². The van der Waals surface area contributed by atoms with Crippen LogP contribution in [0.25, 0.3) is 11.1 Å². The highest BCUT2D eigenvalue weighted by Gasteiger charge is 2.29. The molecule has 0 unspecified atom stereocenters. The summed E-state index contributed by atoms with van der Waals surface area (Å²) in [5.41, 5.74) is 6.51. The van der Waals surface area contributed by atoms with E-state index in [0.717, 1.165) is 25.7 Å². The molecule has 5 nitrogen and oxygen atoms in total. The van der Waals surface area contributed by atoms with E-state index in [0.29, 0.717) is 23.5 Å². The standard InChI is InChI=1S/C15H18FN3O2/c16-9-5-6-13-12(7-9)19-14(21-13)8-18-11-4-2-1-3-10(11)15(17)20/h5-7,10-11,18H,1-4,8H2,(H2,17,20)/t10-,11+/m1/s1. The van der Waals surface area contributed by atoms with Crippen LogP contribution >= 0.6 is 0 Å². The molecule has 1 aliphatic carbocycles. The van der Waals surface area contributed by atoms with E-state index in [1.165, 1.54) is 12.1 Å². The number of nitrogens with zero attached hydrogens (tertiary/aromatic N) is 1. The van der Waals surface area contributed by atoms with Gasteiger partial charge < -0.3 is 15.5 Å². The highest BCUT2D eigenvalue weighted by atomic mass is 19.1. The van der Waals surface area contributed by atoms with Crippen molar-refractivity contribution in [2.24, 2.45) is 11.7 Å². The van der Waals surface area contributed by atoms with Gasteiger partial charge in [0.05, 0.1) is 12.5 Å². The summed E-state index contributed by atoms with van der Waals surface area (Å²) in [6.45, 7) is 0.407. The van der Waals surface area contributed by atoms with Crippen LogP contribution in [0, 0.1) is 11.7 Å². The van der Waals surface area contributed by atoms with Gasteiger partial charge in [0.2, 0.25) is 11.8 Å². The van der Waals surface area contributed by atoms with Crippen molar-refractivity contribution < 1.29 is 13.6 Å². The molecule has 0 bridgehead atoms. The lowest BCUT2D eigenvalue weighted by Gasteiger charge is -2.29. The molecular formula is C15H18FN3O2. The maximum atomic E-state index is 13.1. The fraction of sp³-hybridized carbons (Fsp3) is 0.467.